The van der Waals surface area contributed by atoms with Gasteiger partial charge in [0.15, 0.2) is 0 Å². The van der Waals surface area contributed by atoms with Gasteiger partial charge >= 0.3 is 0 Å². The molecule has 0 aliphatic rings. The zero-order valence-corrected chi connectivity index (χ0v) is 14.1. The Balaban J connectivity index is 1.68. The van der Waals surface area contributed by atoms with E-state index in [-0.39, 0.29) is 5.91 Å². The first kappa shape index (κ1) is 16.0. The fourth-order valence-electron chi connectivity index (χ4n) is 2.79. The zero-order valence-electron chi connectivity index (χ0n) is 14.1. The number of nitrogens with zero attached hydrogens (tertiary/aromatic N) is 6. The predicted octanol–water partition coefficient (Wildman–Crippen LogP) is 1.73. The summed E-state index contributed by atoms with van der Waals surface area (Å²) in [5.41, 5.74) is 4.01. The minimum Gasteiger partial charge on any atom is -0.341 e. The van der Waals surface area contributed by atoms with E-state index < -0.39 is 0 Å². The second-order valence-electron chi connectivity index (χ2n) is 5.84. The molecule has 0 saturated carbocycles. The van der Waals surface area contributed by atoms with Crippen LogP contribution in [0.2, 0.25) is 0 Å². The van der Waals surface area contributed by atoms with Crippen molar-refractivity contribution in [1.82, 2.24) is 29.5 Å². The van der Waals surface area contributed by atoms with Gasteiger partial charge in [-0.15, -0.1) is 0 Å². The highest BCUT2D eigenvalue weighted by Gasteiger charge is 2.14. The van der Waals surface area contributed by atoms with Crippen LogP contribution in [-0.2, 0) is 17.8 Å². The van der Waals surface area contributed by atoms with Crippen molar-refractivity contribution in [3.8, 4) is 0 Å². The second-order valence-corrected chi connectivity index (χ2v) is 5.84. The molecule has 0 N–H and O–H groups in total. The van der Waals surface area contributed by atoms with Crippen molar-refractivity contribution in [3.63, 3.8) is 0 Å². The van der Waals surface area contributed by atoms with E-state index in [1.165, 1.54) is 6.33 Å². The Hall–Kier alpha value is -2.83. The van der Waals surface area contributed by atoms with Crippen molar-refractivity contribution in [1.29, 1.82) is 0 Å². The molecule has 0 aliphatic heterocycles. The van der Waals surface area contributed by atoms with Gasteiger partial charge in [0.25, 0.3) is 5.78 Å². The fourth-order valence-corrected chi connectivity index (χ4v) is 2.79. The Morgan fingerprint density at radius 2 is 2.00 bits per heavy atom. The number of aromatic nitrogens is 5. The van der Waals surface area contributed by atoms with Crippen LogP contribution in [0.5, 0.6) is 0 Å². The average Bonchev–Trinajstić information content (AvgIpc) is 3.03. The normalized spacial score (nSPS) is 11.0. The maximum Gasteiger partial charge on any atom is 0.252 e. The van der Waals surface area contributed by atoms with Gasteiger partial charge < -0.3 is 4.90 Å². The first-order valence-corrected chi connectivity index (χ1v) is 7.85. The number of pyridine rings is 1. The van der Waals surface area contributed by atoms with Crippen molar-refractivity contribution in [2.75, 3.05) is 7.05 Å². The third-order valence-corrected chi connectivity index (χ3v) is 4.17. The van der Waals surface area contributed by atoms with E-state index in [9.17, 15) is 4.79 Å². The SMILES string of the molecule is Cc1nc2ncnn2c(C)c1CCC(=O)N(C)Cc1ccncc1. The smallest absolute Gasteiger partial charge is 0.252 e. The first-order chi connectivity index (χ1) is 11.6. The van der Waals surface area contributed by atoms with Crippen LogP contribution >= 0.6 is 0 Å². The van der Waals surface area contributed by atoms with Crippen LogP contribution in [0.15, 0.2) is 30.9 Å². The maximum absolute atomic E-state index is 12.4. The van der Waals surface area contributed by atoms with Crippen molar-refractivity contribution < 1.29 is 4.79 Å². The van der Waals surface area contributed by atoms with E-state index >= 15 is 0 Å². The van der Waals surface area contributed by atoms with E-state index in [1.54, 1.807) is 21.8 Å². The molecule has 0 spiro atoms. The minimum absolute atomic E-state index is 0.101. The van der Waals surface area contributed by atoms with Crippen LogP contribution in [0.3, 0.4) is 0 Å². The van der Waals surface area contributed by atoms with Gasteiger partial charge in [-0.25, -0.2) is 9.50 Å². The van der Waals surface area contributed by atoms with Crippen LogP contribution in [0, 0.1) is 13.8 Å². The number of rotatable bonds is 5. The average molecular weight is 324 g/mol. The van der Waals surface area contributed by atoms with Gasteiger partial charge in [0.1, 0.15) is 6.33 Å². The molecule has 0 aliphatic carbocycles. The quantitative estimate of drug-likeness (QED) is 0.714. The molecular formula is C17H20N6O. The van der Waals surface area contributed by atoms with Gasteiger partial charge in [0.05, 0.1) is 0 Å². The van der Waals surface area contributed by atoms with Gasteiger partial charge in [-0.2, -0.15) is 10.1 Å². The number of carbonyl (C=O) groups is 1. The molecule has 0 fully saturated rings. The molecule has 0 radical (unpaired) electrons. The number of fused-ring (bicyclic) bond motifs is 1. The Bertz CT molecular complexity index is 858. The lowest BCUT2D eigenvalue weighted by molar-refractivity contribution is -0.130. The summed E-state index contributed by atoms with van der Waals surface area (Å²) < 4.78 is 1.72. The van der Waals surface area contributed by atoms with E-state index in [1.807, 2.05) is 33.0 Å². The van der Waals surface area contributed by atoms with E-state index in [0.29, 0.717) is 25.2 Å². The summed E-state index contributed by atoms with van der Waals surface area (Å²) in [6.45, 7) is 4.51. The molecule has 7 nitrogen and oxygen atoms in total. The molecule has 7 heteroatoms. The molecule has 0 saturated heterocycles. The van der Waals surface area contributed by atoms with Crippen LogP contribution in [0.1, 0.15) is 28.9 Å². The van der Waals surface area contributed by atoms with E-state index in [0.717, 1.165) is 22.5 Å². The molecule has 0 aromatic carbocycles. The summed E-state index contributed by atoms with van der Waals surface area (Å²) in [5, 5.41) is 4.18. The summed E-state index contributed by atoms with van der Waals surface area (Å²) in [7, 11) is 1.82. The lowest BCUT2D eigenvalue weighted by Gasteiger charge is -2.18. The number of hydrogen-bond donors (Lipinski definition) is 0. The molecule has 0 atom stereocenters. The second kappa shape index (κ2) is 6.74. The molecule has 3 aromatic rings. The van der Waals surface area contributed by atoms with Gasteiger partial charge in [-0.1, -0.05) is 0 Å². The number of aryl methyl sites for hydroxylation is 2. The third kappa shape index (κ3) is 3.24. The lowest BCUT2D eigenvalue weighted by Crippen LogP contribution is -2.26. The number of hydrogen-bond acceptors (Lipinski definition) is 5. The minimum atomic E-state index is 0.101. The monoisotopic (exact) mass is 324 g/mol. The van der Waals surface area contributed by atoms with E-state index in [2.05, 4.69) is 20.1 Å². The molecule has 1 amide bonds. The summed E-state index contributed by atoms with van der Waals surface area (Å²) >= 11 is 0. The Kier molecular flexibility index (Phi) is 4.50. The van der Waals surface area contributed by atoms with E-state index in [4.69, 9.17) is 0 Å². The third-order valence-electron chi connectivity index (χ3n) is 4.17. The summed E-state index contributed by atoms with van der Waals surface area (Å²) in [6, 6.07) is 3.83. The van der Waals surface area contributed by atoms with Gasteiger partial charge in [-0.05, 0) is 43.5 Å². The van der Waals surface area contributed by atoms with Crippen LogP contribution < -0.4 is 0 Å². The van der Waals surface area contributed by atoms with Gasteiger partial charge in [-0.3, -0.25) is 9.78 Å². The Morgan fingerprint density at radius 3 is 2.75 bits per heavy atom. The summed E-state index contributed by atoms with van der Waals surface area (Å²) in [4.78, 5) is 26.7. The van der Waals surface area contributed by atoms with Crippen molar-refractivity contribution >= 4 is 11.7 Å². The maximum atomic E-state index is 12.4. The molecule has 0 unspecified atom stereocenters. The molecule has 3 heterocycles. The van der Waals surface area contributed by atoms with Crippen molar-refractivity contribution in [2.45, 2.75) is 33.2 Å². The first-order valence-electron chi connectivity index (χ1n) is 7.85. The molecule has 24 heavy (non-hydrogen) atoms. The van der Waals surface area contributed by atoms with Gasteiger partial charge in [0, 0.05) is 43.8 Å². The van der Waals surface area contributed by atoms with Crippen LogP contribution in [-0.4, -0.2) is 42.4 Å². The standard InChI is InChI=1S/C17H20N6O/c1-12-15(13(2)23-17(21-12)19-11-20-23)4-5-16(24)22(3)10-14-6-8-18-9-7-14/h6-9,11H,4-5,10H2,1-3H3. The van der Waals surface area contributed by atoms with Crippen LogP contribution in [0.4, 0.5) is 0 Å². The summed E-state index contributed by atoms with van der Waals surface area (Å²) in [6.07, 6.45) is 6.04. The summed E-state index contributed by atoms with van der Waals surface area (Å²) in [5.74, 6) is 0.694. The Labute approximate surface area is 140 Å². The highest BCUT2D eigenvalue weighted by Crippen LogP contribution is 2.15. The highest BCUT2D eigenvalue weighted by molar-refractivity contribution is 5.76. The predicted molar refractivity (Wildman–Crippen MR) is 89.3 cm³/mol. The Morgan fingerprint density at radius 1 is 1.25 bits per heavy atom. The number of amides is 1. The topological polar surface area (TPSA) is 76.3 Å². The molecular weight excluding hydrogens is 304 g/mol. The zero-order chi connectivity index (χ0) is 17.1. The van der Waals surface area contributed by atoms with Crippen molar-refractivity contribution in [3.05, 3.63) is 53.4 Å². The van der Waals surface area contributed by atoms with Gasteiger partial charge in [0.2, 0.25) is 5.91 Å². The molecule has 124 valence electrons. The largest absolute Gasteiger partial charge is 0.341 e. The van der Waals surface area contributed by atoms with Crippen molar-refractivity contribution in [2.24, 2.45) is 0 Å². The highest BCUT2D eigenvalue weighted by atomic mass is 16.2. The molecule has 0 bridgehead atoms. The molecule has 3 rings (SSSR count). The molecule has 3 aromatic heterocycles. The lowest BCUT2D eigenvalue weighted by atomic mass is 10.1. The fraction of sp³-hybridized carbons (Fsp3) is 0.353. The number of carbonyl (C=O) groups excluding carboxylic acids is 1. The van der Waals surface area contributed by atoms with Crippen LogP contribution in [0.25, 0.3) is 5.78 Å².